The van der Waals surface area contributed by atoms with E-state index < -0.39 is 0 Å². The van der Waals surface area contributed by atoms with Crippen LogP contribution in [-0.2, 0) is 13.0 Å². The van der Waals surface area contributed by atoms with Gasteiger partial charge in [-0.05, 0) is 35.6 Å². The smallest absolute Gasteiger partial charge is 0.191 e. The predicted molar refractivity (Wildman–Crippen MR) is 97.6 cm³/mol. The molecule has 7 heteroatoms. The lowest BCUT2D eigenvalue weighted by Gasteiger charge is -2.12. The van der Waals surface area contributed by atoms with Crippen molar-refractivity contribution in [2.45, 2.75) is 13.0 Å². The number of imidazole rings is 1. The van der Waals surface area contributed by atoms with Crippen LogP contribution in [0.1, 0.15) is 10.4 Å². The summed E-state index contributed by atoms with van der Waals surface area (Å²) < 4.78 is 1.89. The van der Waals surface area contributed by atoms with E-state index in [0.717, 1.165) is 30.3 Å². The molecule has 2 N–H and O–H groups in total. The molecular formula is C17H20N6S. The maximum atomic E-state index is 4.36. The van der Waals surface area contributed by atoms with Crippen LogP contribution in [0.5, 0.6) is 0 Å². The fourth-order valence-electron chi connectivity index (χ4n) is 2.27. The van der Waals surface area contributed by atoms with Gasteiger partial charge < -0.3 is 10.6 Å². The van der Waals surface area contributed by atoms with Gasteiger partial charge in [0.1, 0.15) is 12.1 Å². The van der Waals surface area contributed by atoms with Crippen molar-refractivity contribution < 1.29 is 0 Å². The van der Waals surface area contributed by atoms with Crippen molar-refractivity contribution >= 4 is 17.3 Å². The van der Waals surface area contributed by atoms with E-state index in [9.17, 15) is 0 Å². The Hall–Kier alpha value is -2.67. The number of guanidine groups is 1. The van der Waals surface area contributed by atoms with Gasteiger partial charge in [-0.1, -0.05) is 6.07 Å². The number of nitrogens with zero attached hydrogens (tertiary/aromatic N) is 4. The van der Waals surface area contributed by atoms with E-state index in [0.29, 0.717) is 6.54 Å². The lowest BCUT2D eigenvalue weighted by atomic mass is 10.2. The number of nitrogens with one attached hydrogen (secondary N) is 2. The first-order chi connectivity index (χ1) is 11.8. The fourth-order valence-corrected chi connectivity index (χ4v) is 2.98. The number of hydrogen-bond donors (Lipinski definition) is 2. The molecule has 0 aromatic carbocycles. The summed E-state index contributed by atoms with van der Waals surface area (Å²) >= 11 is 1.78. The monoisotopic (exact) mass is 340 g/mol. The Bertz CT molecular complexity index is 764. The minimum atomic E-state index is 0.683. The van der Waals surface area contributed by atoms with Gasteiger partial charge >= 0.3 is 0 Å². The van der Waals surface area contributed by atoms with Crippen LogP contribution in [-0.4, -0.2) is 34.1 Å². The second-order valence-electron chi connectivity index (χ2n) is 5.17. The molecule has 0 fully saturated rings. The van der Waals surface area contributed by atoms with Gasteiger partial charge in [0.2, 0.25) is 0 Å². The Morgan fingerprint density at radius 3 is 3.00 bits per heavy atom. The van der Waals surface area contributed by atoms with E-state index in [2.05, 4.69) is 43.1 Å². The van der Waals surface area contributed by atoms with Crippen LogP contribution in [0, 0.1) is 0 Å². The Morgan fingerprint density at radius 2 is 2.25 bits per heavy atom. The average Bonchev–Trinajstić information content (AvgIpc) is 3.31. The van der Waals surface area contributed by atoms with Crippen LogP contribution in [0.4, 0.5) is 0 Å². The molecule has 0 radical (unpaired) electrons. The molecule has 3 rings (SSSR count). The minimum absolute atomic E-state index is 0.683. The third-order valence-electron chi connectivity index (χ3n) is 3.51. The van der Waals surface area contributed by atoms with Gasteiger partial charge in [0, 0.05) is 43.6 Å². The SMILES string of the molecule is CN=C(NCCc1cccs1)NCc1ccnc(-n2ccnc2)c1. The number of aromatic nitrogens is 3. The molecule has 0 spiro atoms. The Balaban J connectivity index is 1.51. The zero-order chi connectivity index (χ0) is 16.6. The number of thiophene rings is 1. The summed E-state index contributed by atoms with van der Waals surface area (Å²) in [4.78, 5) is 14.0. The lowest BCUT2D eigenvalue weighted by molar-refractivity contribution is 0.797. The van der Waals surface area contributed by atoms with Crippen LogP contribution >= 0.6 is 11.3 Å². The molecule has 0 aliphatic heterocycles. The van der Waals surface area contributed by atoms with E-state index in [4.69, 9.17) is 0 Å². The second kappa shape index (κ2) is 8.26. The van der Waals surface area contributed by atoms with Crippen LogP contribution < -0.4 is 10.6 Å². The van der Waals surface area contributed by atoms with Gasteiger partial charge in [0.15, 0.2) is 5.96 Å². The van der Waals surface area contributed by atoms with Gasteiger partial charge in [0.05, 0.1) is 0 Å². The van der Waals surface area contributed by atoms with Crippen molar-refractivity contribution in [1.82, 2.24) is 25.2 Å². The fraction of sp³-hybridized carbons (Fsp3) is 0.235. The first-order valence-electron chi connectivity index (χ1n) is 7.75. The topological polar surface area (TPSA) is 67.1 Å². The molecule has 0 atom stereocenters. The first kappa shape index (κ1) is 16.2. The molecule has 124 valence electrons. The van der Waals surface area contributed by atoms with Crippen molar-refractivity contribution in [2.24, 2.45) is 4.99 Å². The molecule has 0 saturated carbocycles. The predicted octanol–water partition coefficient (Wildman–Crippen LogP) is 2.24. The van der Waals surface area contributed by atoms with Crippen molar-refractivity contribution in [3.8, 4) is 5.82 Å². The van der Waals surface area contributed by atoms with E-state index in [1.165, 1.54) is 4.88 Å². The third-order valence-corrected chi connectivity index (χ3v) is 4.44. The highest BCUT2D eigenvalue weighted by Gasteiger charge is 2.02. The number of pyridine rings is 1. The zero-order valence-electron chi connectivity index (χ0n) is 13.5. The summed E-state index contributed by atoms with van der Waals surface area (Å²) in [5, 5.41) is 8.76. The molecule has 0 amide bonds. The molecule has 0 aliphatic rings. The van der Waals surface area contributed by atoms with Crippen LogP contribution in [0.2, 0.25) is 0 Å². The van der Waals surface area contributed by atoms with Gasteiger partial charge in [-0.2, -0.15) is 0 Å². The second-order valence-corrected chi connectivity index (χ2v) is 6.21. The maximum Gasteiger partial charge on any atom is 0.191 e. The lowest BCUT2D eigenvalue weighted by Crippen LogP contribution is -2.37. The number of rotatable bonds is 6. The van der Waals surface area contributed by atoms with Gasteiger partial charge in [-0.25, -0.2) is 9.97 Å². The molecule has 0 unspecified atom stereocenters. The van der Waals surface area contributed by atoms with Crippen molar-refractivity contribution in [3.63, 3.8) is 0 Å². The van der Waals surface area contributed by atoms with Gasteiger partial charge in [-0.3, -0.25) is 9.56 Å². The minimum Gasteiger partial charge on any atom is -0.356 e. The summed E-state index contributed by atoms with van der Waals surface area (Å²) in [5.74, 6) is 1.65. The van der Waals surface area contributed by atoms with E-state index in [1.807, 2.05) is 22.9 Å². The van der Waals surface area contributed by atoms with Crippen LogP contribution in [0.15, 0.2) is 59.6 Å². The summed E-state index contributed by atoms with van der Waals surface area (Å²) in [6.07, 6.45) is 8.17. The van der Waals surface area contributed by atoms with Gasteiger partial charge in [0.25, 0.3) is 0 Å². The first-order valence-corrected chi connectivity index (χ1v) is 8.63. The summed E-state index contributed by atoms with van der Waals surface area (Å²) in [6.45, 7) is 1.54. The Morgan fingerprint density at radius 1 is 1.29 bits per heavy atom. The number of hydrogen-bond acceptors (Lipinski definition) is 4. The molecule has 24 heavy (non-hydrogen) atoms. The normalized spacial score (nSPS) is 11.5. The zero-order valence-corrected chi connectivity index (χ0v) is 14.3. The van der Waals surface area contributed by atoms with E-state index in [-0.39, 0.29) is 0 Å². The quantitative estimate of drug-likeness (QED) is 0.533. The molecule has 0 saturated heterocycles. The summed E-state index contributed by atoms with van der Waals surface area (Å²) in [7, 11) is 1.78. The molecule has 3 aromatic rings. The van der Waals surface area contributed by atoms with E-state index >= 15 is 0 Å². The van der Waals surface area contributed by atoms with Crippen molar-refractivity contribution in [1.29, 1.82) is 0 Å². The highest BCUT2D eigenvalue weighted by Crippen LogP contribution is 2.08. The standard InChI is InChI=1S/C17H20N6S/c1-18-17(21-7-5-15-3-2-10-24-15)22-12-14-4-6-20-16(11-14)23-9-8-19-13-23/h2-4,6,8-11,13H,5,7,12H2,1H3,(H2,18,21,22). The van der Waals surface area contributed by atoms with Crippen LogP contribution in [0.25, 0.3) is 5.82 Å². The summed E-state index contributed by atoms with van der Waals surface area (Å²) in [6, 6.07) is 8.26. The summed E-state index contributed by atoms with van der Waals surface area (Å²) in [5.41, 5.74) is 1.13. The van der Waals surface area contributed by atoms with Crippen LogP contribution in [0.3, 0.4) is 0 Å². The Labute approximate surface area is 145 Å². The highest BCUT2D eigenvalue weighted by atomic mass is 32.1. The van der Waals surface area contributed by atoms with Crippen molar-refractivity contribution in [3.05, 3.63) is 65.0 Å². The third kappa shape index (κ3) is 4.42. The molecule has 6 nitrogen and oxygen atoms in total. The Kier molecular flexibility index (Phi) is 5.57. The van der Waals surface area contributed by atoms with Crippen molar-refractivity contribution in [2.75, 3.05) is 13.6 Å². The largest absolute Gasteiger partial charge is 0.356 e. The van der Waals surface area contributed by atoms with E-state index in [1.54, 1.807) is 37.1 Å². The maximum absolute atomic E-state index is 4.36. The molecule has 0 aliphatic carbocycles. The molecule has 3 aromatic heterocycles. The average molecular weight is 340 g/mol. The molecular weight excluding hydrogens is 320 g/mol. The molecule has 0 bridgehead atoms. The number of aliphatic imine (C=N–C) groups is 1. The highest BCUT2D eigenvalue weighted by molar-refractivity contribution is 7.09. The van der Waals surface area contributed by atoms with Gasteiger partial charge in [-0.15, -0.1) is 11.3 Å². The molecule has 3 heterocycles.